The maximum Gasteiger partial charge on any atom is 0.328 e. The summed E-state index contributed by atoms with van der Waals surface area (Å²) in [7, 11) is -3.50. The van der Waals surface area contributed by atoms with Crippen molar-refractivity contribution in [2.75, 3.05) is 12.8 Å². The van der Waals surface area contributed by atoms with Crippen LogP contribution in [0.3, 0.4) is 0 Å². The smallest absolute Gasteiger partial charge is 0.328 e. The molecule has 0 aliphatic heterocycles. The van der Waals surface area contributed by atoms with Gasteiger partial charge in [0.25, 0.3) is 0 Å². The number of rotatable bonds is 10. The fourth-order valence-electron chi connectivity index (χ4n) is 1.17. The second kappa shape index (κ2) is 9.23. The SMILES string of the molecule is C=COC(C#N)CCCP(=O)(O)OCCCC. The summed E-state index contributed by atoms with van der Waals surface area (Å²) in [5.74, 6) is 0. The maximum atomic E-state index is 11.5. The molecule has 0 aromatic carbocycles. The van der Waals surface area contributed by atoms with Crippen LogP contribution in [0.4, 0.5) is 0 Å². The van der Waals surface area contributed by atoms with Crippen molar-refractivity contribution in [3.05, 3.63) is 12.8 Å². The molecule has 98 valence electrons. The van der Waals surface area contributed by atoms with Crippen molar-refractivity contribution in [2.45, 2.75) is 38.7 Å². The lowest BCUT2D eigenvalue weighted by Gasteiger charge is -2.13. The topological polar surface area (TPSA) is 79.5 Å². The average Bonchev–Trinajstić information content (AvgIpc) is 2.28. The van der Waals surface area contributed by atoms with Gasteiger partial charge in [-0.1, -0.05) is 19.9 Å². The van der Waals surface area contributed by atoms with E-state index in [1.54, 1.807) is 0 Å². The van der Waals surface area contributed by atoms with E-state index in [0.717, 1.165) is 12.8 Å². The molecule has 17 heavy (non-hydrogen) atoms. The van der Waals surface area contributed by atoms with Gasteiger partial charge in [-0.25, -0.2) is 0 Å². The number of nitrogens with zero attached hydrogens (tertiary/aromatic N) is 1. The highest BCUT2D eigenvalue weighted by atomic mass is 31.2. The molecule has 0 heterocycles. The van der Waals surface area contributed by atoms with E-state index in [-0.39, 0.29) is 6.16 Å². The summed E-state index contributed by atoms with van der Waals surface area (Å²) in [6.45, 7) is 5.64. The second-order valence-corrected chi connectivity index (χ2v) is 5.59. The van der Waals surface area contributed by atoms with Crippen molar-refractivity contribution < 1.29 is 18.7 Å². The minimum absolute atomic E-state index is 0.0510. The predicted molar refractivity (Wildman–Crippen MR) is 65.5 cm³/mol. The third-order valence-electron chi connectivity index (χ3n) is 2.10. The normalized spacial score (nSPS) is 15.6. The minimum atomic E-state index is -3.50. The monoisotopic (exact) mass is 261 g/mol. The Labute approximate surface area is 103 Å². The van der Waals surface area contributed by atoms with Gasteiger partial charge in [0.1, 0.15) is 6.07 Å². The number of hydrogen-bond donors (Lipinski definition) is 1. The van der Waals surface area contributed by atoms with Crippen molar-refractivity contribution >= 4 is 7.60 Å². The molecule has 0 saturated heterocycles. The summed E-state index contributed by atoms with van der Waals surface area (Å²) < 4.78 is 21.3. The van der Waals surface area contributed by atoms with Crippen LogP contribution >= 0.6 is 7.60 Å². The zero-order valence-electron chi connectivity index (χ0n) is 10.2. The Balaban J connectivity index is 3.81. The minimum Gasteiger partial charge on any atom is -0.484 e. The van der Waals surface area contributed by atoms with Gasteiger partial charge in [0.15, 0.2) is 6.10 Å². The summed E-state index contributed by atoms with van der Waals surface area (Å²) in [6, 6.07) is 1.94. The molecule has 0 aliphatic carbocycles. The molecule has 2 unspecified atom stereocenters. The van der Waals surface area contributed by atoms with E-state index in [2.05, 4.69) is 6.58 Å². The van der Waals surface area contributed by atoms with Gasteiger partial charge in [-0.05, 0) is 19.3 Å². The Morgan fingerprint density at radius 3 is 2.82 bits per heavy atom. The first-order valence-electron chi connectivity index (χ1n) is 5.68. The lowest BCUT2D eigenvalue weighted by Crippen LogP contribution is -2.07. The summed E-state index contributed by atoms with van der Waals surface area (Å²) in [5.41, 5.74) is 0. The molecule has 5 nitrogen and oxygen atoms in total. The van der Waals surface area contributed by atoms with Gasteiger partial charge in [-0.2, -0.15) is 5.26 Å². The van der Waals surface area contributed by atoms with Crippen LogP contribution in [-0.4, -0.2) is 23.8 Å². The number of unbranched alkanes of at least 4 members (excludes halogenated alkanes) is 1. The molecule has 0 aromatic rings. The molecule has 1 N–H and O–H groups in total. The molecular weight excluding hydrogens is 241 g/mol. The zero-order chi connectivity index (χ0) is 13.1. The van der Waals surface area contributed by atoms with Crippen LogP contribution in [0.15, 0.2) is 12.8 Å². The van der Waals surface area contributed by atoms with Crippen LogP contribution < -0.4 is 0 Å². The lowest BCUT2D eigenvalue weighted by atomic mass is 10.2. The van der Waals surface area contributed by atoms with E-state index in [4.69, 9.17) is 14.5 Å². The largest absolute Gasteiger partial charge is 0.484 e. The van der Waals surface area contributed by atoms with Gasteiger partial charge in [0.05, 0.1) is 19.0 Å². The second-order valence-electron chi connectivity index (χ2n) is 3.61. The first-order chi connectivity index (χ1) is 8.05. The standard InChI is InChI=1S/C11H20NO4P/c1-3-5-8-16-17(13,14)9-6-7-11(10-12)15-4-2/h4,11H,2-3,5-9H2,1H3,(H,13,14). The van der Waals surface area contributed by atoms with E-state index in [0.29, 0.717) is 19.4 Å². The fraction of sp³-hybridized carbons (Fsp3) is 0.727. The molecule has 0 amide bonds. The van der Waals surface area contributed by atoms with Gasteiger partial charge in [0, 0.05) is 0 Å². The van der Waals surface area contributed by atoms with Crippen LogP contribution in [0.2, 0.25) is 0 Å². The van der Waals surface area contributed by atoms with Crippen LogP contribution in [0.5, 0.6) is 0 Å². The van der Waals surface area contributed by atoms with Crippen molar-refractivity contribution in [2.24, 2.45) is 0 Å². The van der Waals surface area contributed by atoms with Gasteiger partial charge in [-0.3, -0.25) is 4.57 Å². The maximum absolute atomic E-state index is 11.5. The van der Waals surface area contributed by atoms with E-state index in [1.165, 1.54) is 6.26 Å². The highest BCUT2D eigenvalue weighted by Crippen LogP contribution is 2.42. The molecule has 0 fully saturated rings. The van der Waals surface area contributed by atoms with Gasteiger partial charge in [-0.15, -0.1) is 0 Å². The van der Waals surface area contributed by atoms with E-state index < -0.39 is 13.7 Å². The van der Waals surface area contributed by atoms with Crippen molar-refractivity contribution in [1.82, 2.24) is 0 Å². The Kier molecular flexibility index (Phi) is 8.79. The highest BCUT2D eigenvalue weighted by molar-refractivity contribution is 7.52. The lowest BCUT2D eigenvalue weighted by molar-refractivity contribution is 0.183. The van der Waals surface area contributed by atoms with Crippen LogP contribution in [0.1, 0.15) is 32.6 Å². The number of ether oxygens (including phenoxy) is 1. The number of hydrogen-bond acceptors (Lipinski definition) is 4. The third-order valence-corrected chi connectivity index (χ3v) is 3.57. The molecule has 0 aliphatic rings. The quantitative estimate of drug-likeness (QED) is 0.371. The molecule has 0 rings (SSSR count). The van der Waals surface area contributed by atoms with Crippen molar-refractivity contribution in [3.63, 3.8) is 0 Å². The number of nitriles is 1. The fourth-order valence-corrected chi connectivity index (χ4v) is 2.30. The van der Waals surface area contributed by atoms with Gasteiger partial charge in [0.2, 0.25) is 0 Å². The molecule has 0 radical (unpaired) electrons. The average molecular weight is 261 g/mol. The van der Waals surface area contributed by atoms with Crippen LogP contribution in [0, 0.1) is 11.3 Å². The Morgan fingerprint density at radius 2 is 2.29 bits per heavy atom. The van der Waals surface area contributed by atoms with Crippen molar-refractivity contribution in [3.8, 4) is 6.07 Å². The molecular formula is C11H20NO4P. The molecule has 0 bridgehead atoms. The first kappa shape index (κ1) is 16.2. The Bertz CT molecular complexity index is 300. The Morgan fingerprint density at radius 1 is 1.59 bits per heavy atom. The summed E-state index contributed by atoms with van der Waals surface area (Å²) in [4.78, 5) is 9.45. The first-order valence-corrected chi connectivity index (χ1v) is 7.44. The summed E-state index contributed by atoms with van der Waals surface area (Å²) in [6.07, 6.45) is 3.13. The van der Waals surface area contributed by atoms with Crippen LogP contribution in [0.25, 0.3) is 0 Å². The molecule has 2 atom stereocenters. The van der Waals surface area contributed by atoms with E-state index in [9.17, 15) is 9.46 Å². The molecule has 0 spiro atoms. The molecule has 6 heteroatoms. The van der Waals surface area contributed by atoms with E-state index >= 15 is 0 Å². The Hall–Kier alpha value is -0.820. The highest BCUT2D eigenvalue weighted by Gasteiger charge is 2.19. The third kappa shape index (κ3) is 8.93. The summed E-state index contributed by atoms with van der Waals surface area (Å²) >= 11 is 0. The van der Waals surface area contributed by atoms with Gasteiger partial charge >= 0.3 is 7.60 Å². The molecule has 0 saturated carbocycles. The van der Waals surface area contributed by atoms with Crippen LogP contribution in [-0.2, 0) is 13.8 Å². The molecule has 0 aromatic heterocycles. The predicted octanol–water partition coefficient (Wildman–Crippen LogP) is 2.82. The zero-order valence-corrected chi connectivity index (χ0v) is 11.1. The van der Waals surface area contributed by atoms with E-state index in [1.807, 2.05) is 13.0 Å². The van der Waals surface area contributed by atoms with Crippen molar-refractivity contribution in [1.29, 1.82) is 5.26 Å². The van der Waals surface area contributed by atoms with Gasteiger partial charge < -0.3 is 14.2 Å². The summed E-state index contributed by atoms with van der Waals surface area (Å²) in [5, 5.41) is 8.67.